The monoisotopic (exact) mass is 649 g/mol. The Balaban J connectivity index is 1.37. The van der Waals surface area contributed by atoms with Gasteiger partial charge in [-0.2, -0.15) is 5.10 Å². The van der Waals surface area contributed by atoms with Crippen LogP contribution in [-0.2, 0) is 4.79 Å². The largest absolute Gasteiger partial charge is 0.485 e. The van der Waals surface area contributed by atoms with E-state index in [0.29, 0.717) is 27.3 Å². The summed E-state index contributed by atoms with van der Waals surface area (Å²) in [5.74, 6) is 1.79. The van der Waals surface area contributed by atoms with Gasteiger partial charge in [0.1, 0.15) is 23.8 Å². The second-order valence-electron chi connectivity index (χ2n) is 13.1. The summed E-state index contributed by atoms with van der Waals surface area (Å²) >= 11 is 7.13. The number of H-pyrrole nitrogens is 1. The van der Waals surface area contributed by atoms with Gasteiger partial charge in [-0.15, -0.1) is 0 Å². The number of benzene rings is 2. The number of hydrogen-bond donors (Lipinski definition) is 1. The molecule has 7 rings (SSSR count). The first-order chi connectivity index (χ1) is 22.2. The Kier molecular flexibility index (Phi) is 8.09. The summed E-state index contributed by atoms with van der Waals surface area (Å²) in [4.78, 5) is 28.9. The van der Waals surface area contributed by atoms with Gasteiger partial charge >= 0.3 is 0 Å². The van der Waals surface area contributed by atoms with Crippen LogP contribution in [0.2, 0.25) is 5.02 Å². The standard InChI is InChI=1S/C34H38ClF2N7O2/c1-4-27(45)44-18-34(19-44)9-13-43(14-10-34)33-22-15-24(35)29(28-20(2)5-6-25-23(28)16-38-41-25)31(46-17-26(36)37)30(22)39-32(40-33)21-7-11-42(3)12-8-21/h4-6,15-16,21,26H,1,7-14,17-19H2,2-3H3,(H,38,41). The Labute approximate surface area is 271 Å². The molecule has 3 saturated heterocycles. The molecule has 3 aliphatic rings. The fourth-order valence-electron chi connectivity index (χ4n) is 7.43. The zero-order valence-electron chi connectivity index (χ0n) is 26.2. The van der Waals surface area contributed by atoms with Crippen LogP contribution >= 0.6 is 11.6 Å². The Morgan fingerprint density at radius 1 is 1.15 bits per heavy atom. The van der Waals surface area contributed by atoms with Crippen molar-refractivity contribution in [2.45, 2.75) is 45.0 Å². The van der Waals surface area contributed by atoms with E-state index in [1.54, 1.807) is 6.20 Å². The minimum atomic E-state index is -2.68. The highest BCUT2D eigenvalue weighted by Gasteiger charge is 2.46. The van der Waals surface area contributed by atoms with Crippen molar-refractivity contribution in [3.05, 3.63) is 53.5 Å². The van der Waals surface area contributed by atoms with E-state index >= 15 is 0 Å². The predicted octanol–water partition coefficient (Wildman–Crippen LogP) is 6.20. The van der Waals surface area contributed by atoms with Crippen LogP contribution in [0.15, 0.2) is 37.1 Å². The normalized spacial score (nSPS) is 18.9. The average Bonchev–Trinajstić information content (AvgIpc) is 3.51. The van der Waals surface area contributed by atoms with Gasteiger partial charge in [-0.1, -0.05) is 24.2 Å². The second kappa shape index (κ2) is 12.1. The number of hydrogen-bond acceptors (Lipinski definition) is 7. The van der Waals surface area contributed by atoms with E-state index in [2.05, 4.69) is 33.6 Å². The zero-order chi connectivity index (χ0) is 32.2. The molecular weight excluding hydrogens is 612 g/mol. The molecule has 1 amide bonds. The maximum atomic E-state index is 13.8. The number of anilines is 1. The van der Waals surface area contributed by atoms with E-state index in [1.165, 1.54) is 6.08 Å². The number of piperidine rings is 2. The Bertz CT molecular complexity index is 1800. The molecule has 46 heavy (non-hydrogen) atoms. The molecule has 0 saturated carbocycles. The number of alkyl halides is 2. The highest BCUT2D eigenvalue weighted by Crippen LogP contribution is 2.48. The van der Waals surface area contributed by atoms with Crippen molar-refractivity contribution in [2.75, 3.05) is 57.8 Å². The van der Waals surface area contributed by atoms with Crippen molar-refractivity contribution in [3.63, 3.8) is 0 Å². The van der Waals surface area contributed by atoms with Gasteiger partial charge in [0, 0.05) is 59.4 Å². The van der Waals surface area contributed by atoms with Crippen molar-refractivity contribution in [3.8, 4) is 16.9 Å². The molecule has 1 spiro atoms. The van der Waals surface area contributed by atoms with E-state index in [1.807, 2.05) is 30.0 Å². The molecule has 0 radical (unpaired) electrons. The molecule has 0 unspecified atom stereocenters. The van der Waals surface area contributed by atoms with Gasteiger partial charge in [-0.05, 0) is 76.5 Å². The molecule has 5 heterocycles. The predicted molar refractivity (Wildman–Crippen MR) is 176 cm³/mol. The van der Waals surface area contributed by atoms with Crippen molar-refractivity contribution in [2.24, 2.45) is 5.41 Å². The first-order valence-corrected chi connectivity index (χ1v) is 16.3. The Morgan fingerprint density at radius 3 is 2.59 bits per heavy atom. The van der Waals surface area contributed by atoms with Crippen LogP contribution in [0.3, 0.4) is 0 Å². The second-order valence-corrected chi connectivity index (χ2v) is 13.5. The highest BCUT2D eigenvalue weighted by atomic mass is 35.5. The molecule has 2 aromatic heterocycles. The van der Waals surface area contributed by atoms with E-state index in [-0.39, 0.29) is 23.0 Å². The average molecular weight is 650 g/mol. The maximum absolute atomic E-state index is 13.8. The maximum Gasteiger partial charge on any atom is 0.272 e. The summed E-state index contributed by atoms with van der Waals surface area (Å²) in [5.41, 5.74) is 3.59. The number of aromatic nitrogens is 4. The SMILES string of the molecule is C=CC(=O)N1CC2(CCN(c3nc(C4CCN(C)CC4)nc4c(OCC(F)F)c(-c5c(C)ccc6[nH]ncc56)c(Cl)cc34)CC2)C1. The van der Waals surface area contributed by atoms with Crippen LogP contribution in [0, 0.1) is 12.3 Å². The molecule has 3 fully saturated rings. The van der Waals surface area contributed by atoms with E-state index < -0.39 is 13.0 Å². The molecule has 0 atom stereocenters. The number of aromatic amines is 1. The quantitative estimate of drug-likeness (QED) is 0.238. The lowest BCUT2D eigenvalue weighted by atomic mass is 9.72. The van der Waals surface area contributed by atoms with Crippen molar-refractivity contribution in [1.29, 1.82) is 0 Å². The molecule has 242 valence electrons. The molecule has 12 heteroatoms. The molecular formula is C34H38ClF2N7O2. The Morgan fingerprint density at radius 2 is 1.89 bits per heavy atom. The van der Waals surface area contributed by atoms with Gasteiger partial charge < -0.3 is 19.4 Å². The van der Waals surface area contributed by atoms with Gasteiger partial charge in [0.05, 0.1) is 16.7 Å². The van der Waals surface area contributed by atoms with Crippen LogP contribution in [0.1, 0.15) is 43.0 Å². The minimum Gasteiger partial charge on any atom is -0.485 e. The lowest BCUT2D eigenvalue weighted by Gasteiger charge is -2.54. The van der Waals surface area contributed by atoms with Gasteiger partial charge in [0.15, 0.2) is 5.75 Å². The molecule has 0 aliphatic carbocycles. The smallest absolute Gasteiger partial charge is 0.272 e. The highest BCUT2D eigenvalue weighted by molar-refractivity contribution is 6.35. The van der Waals surface area contributed by atoms with Gasteiger partial charge in [-0.3, -0.25) is 9.89 Å². The third kappa shape index (κ3) is 5.47. The van der Waals surface area contributed by atoms with Crippen LogP contribution in [-0.4, -0.2) is 95.2 Å². The minimum absolute atomic E-state index is 0.0271. The van der Waals surface area contributed by atoms with Crippen molar-refractivity contribution >= 4 is 45.1 Å². The number of ether oxygens (including phenoxy) is 1. The molecule has 2 aromatic carbocycles. The lowest BCUT2D eigenvalue weighted by Crippen LogP contribution is -2.61. The number of aryl methyl sites for hydroxylation is 1. The Hall–Kier alpha value is -3.83. The van der Waals surface area contributed by atoms with E-state index in [4.69, 9.17) is 26.3 Å². The van der Waals surface area contributed by atoms with Crippen LogP contribution < -0.4 is 9.64 Å². The molecule has 0 bridgehead atoms. The summed E-state index contributed by atoms with van der Waals surface area (Å²) in [6, 6.07) is 5.76. The number of amides is 1. The number of carbonyl (C=O) groups excluding carboxylic acids is 1. The number of rotatable bonds is 7. The fraction of sp³-hybridized carbons (Fsp3) is 0.471. The fourth-order valence-corrected chi connectivity index (χ4v) is 7.72. The van der Waals surface area contributed by atoms with Gasteiger partial charge in [0.2, 0.25) is 5.91 Å². The third-order valence-electron chi connectivity index (χ3n) is 10.1. The number of nitrogens with one attached hydrogen (secondary N) is 1. The van der Waals surface area contributed by atoms with Crippen LogP contribution in [0.25, 0.3) is 32.9 Å². The van der Waals surface area contributed by atoms with E-state index in [9.17, 15) is 13.6 Å². The third-order valence-corrected chi connectivity index (χ3v) is 10.4. The van der Waals surface area contributed by atoms with Crippen LogP contribution in [0.4, 0.5) is 14.6 Å². The first-order valence-electron chi connectivity index (χ1n) is 15.9. The summed E-state index contributed by atoms with van der Waals surface area (Å²) < 4.78 is 33.6. The van der Waals surface area contributed by atoms with Gasteiger partial charge in [0.25, 0.3) is 6.43 Å². The van der Waals surface area contributed by atoms with Crippen molar-refractivity contribution in [1.82, 2.24) is 30.0 Å². The lowest BCUT2D eigenvalue weighted by molar-refractivity contribution is -0.139. The number of fused-ring (bicyclic) bond motifs is 2. The summed E-state index contributed by atoms with van der Waals surface area (Å²) in [6.45, 7) is 9.60. The first kappa shape index (κ1) is 30.8. The number of carbonyl (C=O) groups is 1. The topological polar surface area (TPSA) is 90.5 Å². The summed E-state index contributed by atoms with van der Waals surface area (Å²) in [6.07, 6.45) is 4.03. The number of likely N-dealkylation sites (tertiary alicyclic amines) is 2. The van der Waals surface area contributed by atoms with Gasteiger partial charge in [-0.25, -0.2) is 18.7 Å². The summed E-state index contributed by atoms with van der Waals surface area (Å²) in [7, 11) is 2.11. The zero-order valence-corrected chi connectivity index (χ0v) is 26.9. The van der Waals surface area contributed by atoms with Crippen LogP contribution in [0.5, 0.6) is 5.75 Å². The molecule has 3 aliphatic heterocycles. The molecule has 1 N–H and O–H groups in total. The number of nitrogens with zero attached hydrogens (tertiary/aromatic N) is 6. The molecule has 4 aromatic rings. The van der Waals surface area contributed by atoms with Crippen molar-refractivity contribution < 1.29 is 18.3 Å². The number of halogens is 3. The summed E-state index contributed by atoms with van der Waals surface area (Å²) in [5, 5.41) is 9.11. The van der Waals surface area contributed by atoms with E-state index in [0.717, 1.165) is 92.8 Å². The molecule has 9 nitrogen and oxygen atoms in total.